The zero-order chi connectivity index (χ0) is 81.0. The van der Waals surface area contributed by atoms with Crippen LogP contribution in [-0.4, -0.2) is 234 Å². The molecule has 12 rings (SSSR count). The summed E-state index contributed by atoms with van der Waals surface area (Å²) >= 11 is 0. The number of hydrogen-bond donors (Lipinski definition) is 4. The molecule has 4 fully saturated rings. The summed E-state index contributed by atoms with van der Waals surface area (Å²) in [5.74, 6) is -2.80. The van der Waals surface area contributed by atoms with Crippen LogP contribution in [-0.2, 0) is 77.6 Å². The Bertz CT molecular complexity index is 4190. The molecule has 8 amide bonds. The van der Waals surface area contributed by atoms with Gasteiger partial charge in [0.15, 0.2) is 0 Å². The molecule has 0 aliphatic carbocycles. The summed E-state index contributed by atoms with van der Waals surface area (Å²) in [6.45, 7) is 20.8. The van der Waals surface area contributed by atoms with Crippen LogP contribution in [0.5, 0.6) is 23.0 Å². The molecule has 0 saturated carbocycles. The summed E-state index contributed by atoms with van der Waals surface area (Å²) in [6, 6.07) is 30.4. The van der Waals surface area contributed by atoms with E-state index in [2.05, 4.69) is 27.7 Å². The Morgan fingerprint density at radius 1 is 0.389 bits per heavy atom. The van der Waals surface area contributed by atoms with Crippen LogP contribution in [0.3, 0.4) is 0 Å². The molecule has 608 valence electrons. The minimum absolute atomic E-state index is 0.0309. The van der Waals surface area contributed by atoms with E-state index in [1.54, 1.807) is 6.08 Å². The topological polar surface area (TPSA) is 323 Å². The Kier molecular flexibility index (Phi) is 25.7. The van der Waals surface area contributed by atoms with Crippen molar-refractivity contribution in [1.82, 2.24) is 19.6 Å². The van der Waals surface area contributed by atoms with E-state index in [1.165, 1.54) is 43.9 Å². The first kappa shape index (κ1) is 83.6. The van der Waals surface area contributed by atoms with Gasteiger partial charge in [0, 0.05) is 61.3 Å². The Morgan fingerprint density at radius 2 is 0.690 bits per heavy atom. The first-order valence-electron chi connectivity index (χ1n) is 39.1. The summed E-state index contributed by atoms with van der Waals surface area (Å²) in [7, 11) is 0. The molecular weight excluding hydrogens is 1450 g/mol. The predicted molar refractivity (Wildman–Crippen MR) is 411 cm³/mol. The smallest absolute Gasteiger partial charge is 0.253 e. The monoisotopic (exact) mass is 1560 g/mol. The van der Waals surface area contributed by atoms with Crippen molar-refractivity contribution in [2.75, 3.05) is 99.0 Å². The summed E-state index contributed by atoms with van der Waals surface area (Å²) in [6.07, 6.45) is 9.81. The lowest BCUT2D eigenvalue weighted by Crippen LogP contribution is -2.46. The van der Waals surface area contributed by atoms with Crippen LogP contribution in [0.1, 0.15) is 117 Å². The molecule has 14 atom stereocenters. The molecule has 26 heteroatoms. The summed E-state index contributed by atoms with van der Waals surface area (Å²) in [5, 5.41) is 43.1. The maximum atomic E-state index is 14.0. The largest absolute Gasteiger partial charge is 0.491 e. The summed E-state index contributed by atoms with van der Waals surface area (Å²) in [5.41, 5.74) is 0.139. The number of carbonyl (C=O) groups excluding carboxylic acids is 8. The van der Waals surface area contributed by atoms with Crippen LogP contribution < -0.4 is 18.9 Å². The normalized spacial score (nSPS) is 24.7. The lowest BCUT2D eigenvalue weighted by atomic mass is 9.77. The molecule has 14 unspecified atom stereocenters. The number of benzene rings is 4. The molecule has 0 radical (unpaired) electrons. The summed E-state index contributed by atoms with van der Waals surface area (Å²) in [4.78, 5) is 109. The van der Waals surface area contributed by atoms with Crippen molar-refractivity contribution in [2.45, 2.75) is 154 Å². The maximum absolute atomic E-state index is 14.0. The Labute approximate surface area is 659 Å². The average molecular weight is 1560 g/mol. The van der Waals surface area contributed by atoms with Crippen LogP contribution in [0.4, 0.5) is 0 Å². The Balaban J connectivity index is 0.489. The van der Waals surface area contributed by atoms with Crippen molar-refractivity contribution in [1.29, 1.82) is 0 Å². The molecule has 4 saturated heterocycles. The highest BCUT2D eigenvalue weighted by molar-refractivity contribution is 6.13. The van der Waals surface area contributed by atoms with Crippen LogP contribution in [0.15, 0.2) is 146 Å². The van der Waals surface area contributed by atoms with Crippen LogP contribution in [0.2, 0.25) is 0 Å². The van der Waals surface area contributed by atoms with Crippen LogP contribution in [0, 0.1) is 46.3 Å². The molecular formula is C87H108N4O22. The van der Waals surface area contributed by atoms with Crippen molar-refractivity contribution in [2.24, 2.45) is 46.3 Å². The zero-order valence-corrected chi connectivity index (χ0v) is 66.1. The fraction of sp³-hybridized carbons (Fsp3) is 0.540. The third kappa shape index (κ3) is 19.1. The highest BCUT2D eigenvalue weighted by Crippen LogP contribution is 2.54. The van der Waals surface area contributed by atoms with Gasteiger partial charge in [0.25, 0.3) is 23.6 Å². The first-order valence-corrected chi connectivity index (χ1v) is 39.1. The summed E-state index contributed by atoms with van der Waals surface area (Å²) < 4.78 is 59.1. The van der Waals surface area contributed by atoms with Gasteiger partial charge in [0.1, 0.15) is 91.8 Å². The lowest BCUT2D eigenvalue weighted by Gasteiger charge is -2.33. The van der Waals surface area contributed by atoms with Crippen molar-refractivity contribution < 1.29 is 106 Å². The molecule has 26 nitrogen and oxygen atoms in total. The highest BCUT2D eigenvalue weighted by atomic mass is 16.7. The van der Waals surface area contributed by atoms with Crippen LogP contribution >= 0.6 is 0 Å². The molecule has 4 aromatic carbocycles. The first-order chi connectivity index (χ1) is 53.6. The van der Waals surface area contributed by atoms with E-state index >= 15 is 0 Å². The third-order valence-corrected chi connectivity index (χ3v) is 23.1. The number of aliphatic hydroxyl groups is 4. The molecule has 0 aromatic heterocycles. The molecule has 113 heavy (non-hydrogen) atoms. The van der Waals surface area contributed by atoms with E-state index in [-0.39, 0.29) is 157 Å². The second-order valence-corrected chi connectivity index (χ2v) is 34.3. The number of rotatable bonds is 44. The minimum atomic E-state index is -1.14. The van der Waals surface area contributed by atoms with Gasteiger partial charge in [-0.15, -0.1) is 0 Å². The van der Waals surface area contributed by atoms with E-state index < -0.39 is 87.7 Å². The fourth-order valence-electron chi connectivity index (χ4n) is 17.1. The average Bonchev–Trinajstić information content (AvgIpc) is 1.55. The zero-order valence-electron chi connectivity index (χ0n) is 66.1. The van der Waals surface area contributed by atoms with E-state index in [1.807, 2.05) is 157 Å². The molecule has 4 aromatic rings. The van der Waals surface area contributed by atoms with Gasteiger partial charge in [0.05, 0.1) is 75.5 Å². The van der Waals surface area contributed by atoms with Gasteiger partial charge < -0.3 is 67.8 Å². The second-order valence-electron chi connectivity index (χ2n) is 34.3. The molecule has 4 bridgehead atoms. The van der Waals surface area contributed by atoms with E-state index in [9.17, 15) is 58.8 Å². The number of imide groups is 4. The number of aliphatic hydroxyl groups excluding tert-OH is 4. The highest BCUT2D eigenvalue weighted by Gasteiger charge is 2.69. The number of ether oxygens (including phenoxy) is 10. The minimum Gasteiger partial charge on any atom is -0.491 e. The van der Waals surface area contributed by atoms with Gasteiger partial charge in [-0.2, -0.15) is 0 Å². The van der Waals surface area contributed by atoms with E-state index in [4.69, 9.17) is 47.4 Å². The Morgan fingerprint density at radius 3 is 1.04 bits per heavy atom. The van der Waals surface area contributed by atoms with Gasteiger partial charge in [-0.1, -0.05) is 142 Å². The number of carbonyl (C=O) groups is 8. The second kappa shape index (κ2) is 34.7. The van der Waals surface area contributed by atoms with Crippen molar-refractivity contribution >= 4 is 47.3 Å². The number of hydrogen-bond acceptors (Lipinski definition) is 22. The van der Waals surface area contributed by atoms with Gasteiger partial charge >= 0.3 is 0 Å². The molecule has 0 spiro atoms. The van der Waals surface area contributed by atoms with Crippen LogP contribution in [0.25, 0.3) is 0 Å². The van der Waals surface area contributed by atoms with Gasteiger partial charge in [-0.25, -0.2) is 0 Å². The molecule has 8 aliphatic rings. The van der Waals surface area contributed by atoms with E-state index in [0.29, 0.717) is 55.2 Å². The SMILES string of the molecule is CC(CCN1C(=O)C2C3C=CC(COCC(O)COc4ccc(C(C)(C)c5ccc(OCC(O)COCOCC(O)COc6ccc(C(C)(C)c7ccc(OCC(O)COCC89C=CC(O8)C8C(=O)N(CC(C)(C)CC(C)CCN%10C(=O)C=CC%10=O)C(=O)C89)cc7)cc6)cc5)cc4)(O3)C2C1=O)CC(C)(C)CN1C(=O)C=CC1=O. The van der Waals surface area contributed by atoms with E-state index in [0.717, 1.165) is 22.3 Å². The number of nitrogens with zero attached hydrogens (tertiary/aromatic N) is 4. The van der Waals surface area contributed by atoms with Gasteiger partial charge in [0.2, 0.25) is 23.6 Å². The van der Waals surface area contributed by atoms with Crippen molar-refractivity contribution in [3.05, 3.63) is 168 Å². The third-order valence-electron chi connectivity index (χ3n) is 23.1. The van der Waals surface area contributed by atoms with Gasteiger partial charge in [-0.3, -0.25) is 58.0 Å². The van der Waals surface area contributed by atoms with Gasteiger partial charge in [-0.05, 0) is 119 Å². The number of likely N-dealkylation sites (tertiary alicyclic amines) is 2. The predicted octanol–water partition coefficient (Wildman–Crippen LogP) is 7.37. The lowest BCUT2D eigenvalue weighted by molar-refractivity contribution is -0.149. The maximum Gasteiger partial charge on any atom is 0.253 e. The molecule has 8 heterocycles. The number of fused-ring (bicyclic) bond motifs is 10. The quantitative estimate of drug-likeness (QED) is 0.0145. The Hall–Kier alpha value is -8.80. The molecule has 8 aliphatic heterocycles. The fourth-order valence-corrected chi connectivity index (χ4v) is 17.1. The molecule has 4 N–H and O–H groups in total. The van der Waals surface area contributed by atoms with Crippen molar-refractivity contribution in [3.63, 3.8) is 0 Å². The standard InChI is InChI=1S/C87H108N4O22/c1-54(33-37-88-70(96)27-28-71(88)97)40-83(5,6)50-91-79(101)75-69-32-36-87(113-69,77(75)81(91)103)52-105-42-61(93)46-109-65-21-13-57(14-22-65)85(9,10)59-17-25-67(26-18-59)111-48-63(95)44-107-53-106-43-62(94)47-110-66-23-15-58(16-24-66)84(7,8)56-11-19-64(20-12-56)108-45-60(92)41-104-51-86-35-31-68(112-86)74-76(86)80(102)89(78(74)100)38-34-55(2)39-82(3,4)49-90-72(98)29-30-73(90)99/h11-32,35-36,54-55,60-63,68-69,74-77,92-95H,33-34,37-53H2,1-10H3. The number of amides is 8. The van der Waals surface area contributed by atoms with Crippen molar-refractivity contribution in [3.8, 4) is 23.0 Å².